The molecular weight excluding hydrogens is 408 g/mol. The molecule has 7 heteroatoms. The highest BCUT2D eigenvalue weighted by molar-refractivity contribution is 7.92. The normalized spacial score (nSPS) is 18.0. The lowest BCUT2D eigenvalue weighted by Gasteiger charge is -2.33. The average Bonchev–Trinajstić information content (AvgIpc) is 2.75. The molecule has 160 valence electrons. The Morgan fingerprint density at radius 1 is 1.13 bits per heavy atom. The van der Waals surface area contributed by atoms with Crippen LogP contribution in [0.15, 0.2) is 47.4 Å². The minimum Gasteiger partial charge on any atom is -0.355 e. The highest BCUT2D eigenvalue weighted by atomic mass is 32.2. The summed E-state index contributed by atoms with van der Waals surface area (Å²) < 4.78 is 27.3. The fourth-order valence-electron chi connectivity index (χ4n) is 4.21. The van der Waals surface area contributed by atoms with Crippen LogP contribution in [0.5, 0.6) is 0 Å². The van der Waals surface area contributed by atoms with Crippen LogP contribution >= 0.6 is 0 Å². The quantitative estimate of drug-likeness (QED) is 0.600. The number of benzene rings is 2. The molecule has 0 aliphatic carbocycles. The van der Waals surface area contributed by atoms with Gasteiger partial charge in [-0.1, -0.05) is 31.2 Å². The van der Waals surface area contributed by atoms with Crippen molar-refractivity contribution in [3.63, 3.8) is 0 Å². The Labute approximate surface area is 183 Å². The van der Waals surface area contributed by atoms with Crippen molar-refractivity contribution in [2.24, 2.45) is 5.92 Å². The number of anilines is 1. The Kier molecular flexibility index (Phi) is 5.67. The van der Waals surface area contributed by atoms with E-state index in [1.807, 2.05) is 37.3 Å². The average molecular weight is 435 g/mol. The van der Waals surface area contributed by atoms with Gasteiger partial charge in [-0.05, 0) is 61.9 Å². The van der Waals surface area contributed by atoms with Crippen LogP contribution in [0.1, 0.15) is 41.8 Å². The Hall–Kier alpha value is -2.98. The zero-order chi connectivity index (χ0) is 22.2. The molecule has 6 nitrogen and oxygen atoms in total. The Bertz CT molecular complexity index is 1280. The predicted molar refractivity (Wildman–Crippen MR) is 122 cm³/mol. The number of hydrogen-bond acceptors (Lipinski definition) is 6. The number of fused-ring (bicyclic) bond motifs is 1. The third-order valence-corrected chi connectivity index (χ3v) is 7.86. The molecule has 31 heavy (non-hydrogen) atoms. The van der Waals surface area contributed by atoms with Gasteiger partial charge in [-0.15, -0.1) is 0 Å². The van der Waals surface area contributed by atoms with E-state index < -0.39 is 15.1 Å². The first kappa shape index (κ1) is 21.3. The monoisotopic (exact) mass is 434 g/mol. The zero-order valence-corrected chi connectivity index (χ0v) is 18.9. The SMILES string of the molecule is Cc1ccc(C)c(S(=O)(=O)[C@H](C#N)c2nc3ccccc3nc2N2CCC[C@@H](C)C2)c1. The van der Waals surface area contributed by atoms with Gasteiger partial charge >= 0.3 is 0 Å². The highest BCUT2D eigenvalue weighted by Crippen LogP contribution is 2.36. The Morgan fingerprint density at radius 3 is 2.52 bits per heavy atom. The number of sulfone groups is 1. The van der Waals surface area contributed by atoms with Crippen molar-refractivity contribution in [2.45, 2.75) is 43.8 Å². The molecule has 0 N–H and O–H groups in total. The zero-order valence-electron chi connectivity index (χ0n) is 18.0. The third-order valence-electron chi connectivity index (χ3n) is 5.86. The molecule has 3 aromatic rings. The number of aryl methyl sites for hydroxylation is 2. The molecule has 1 aromatic heterocycles. The van der Waals surface area contributed by atoms with Crippen LogP contribution in [0.4, 0.5) is 5.82 Å². The number of hydrogen-bond donors (Lipinski definition) is 0. The summed E-state index contributed by atoms with van der Waals surface area (Å²) >= 11 is 0. The van der Waals surface area contributed by atoms with Crippen molar-refractivity contribution >= 4 is 26.7 Å². The van der Waals surface area contributed by atoms with E-state index in [0.29, 0.717) is 28.3 Å². The van der Waals surface area contributed by atoms with Gasteiger partial charge in [0.2, 0.25) is 9.84 Å². The number of piperidine rings is 1. The van der Waals surface area contributed by atoms with Crippen LogP contribution in [-0.4, -0.2) is 31.5 Å². The van der Waals surface area contributed by atoms with Gasteiger partial charge in [0.15, 0.2) is 11.1 Å². The lowest BCUT2D eigenvalue weighted by molar-refractivity contribution is 0.443. The molecule has 2 heterocycles. The first-order chi connectivity index (χ1) is 14.8. The number of aromatic nitrogens is 2. The summed E-state index contributed by atoms with van der Waals surface area (Å²) in [7, 11) is -3.99. The number of para-hydroxylation sites is 2. The van der Waals surface area contributed by atoms with E-state index in [-0.39, 0.29) is 10.6 Å². The minimum atomic E-state index is -3.99. The summed E-state index contributed by atoms with van der Waals surface area (Å²) in [4.78, 5) is 11.7. The van der Waals surface area contributed by atoms with Gasteiger partial charge in [0.1, 0.15) is 5.69 Å². The van der Waals surface area contributed by atoms with E-state index >= 15 is 0 Å². The molecule has 1 aliphatic rings. The molecular formula is C24H26N4O2S. The first-order valence-corrected chi connectivity index (χ1v) is 12.1. The maximum Gasteiger partial charge on any atom is 0.200 e. The lowest BCUT2D eigenvalue weighted by atomic mass is 10.00. The van der Waals surface area contributed by atoms with Crippen molar-refractivity contribution in [1.29, 1.82) is 5.26 Å². The number of rotatable bonds is 4. The van der Waals surface area contributed by atoms with Crippen molar-refractivity contribution < 1.29 is 8.42 Å². The molecule has 1 fully saturated rings. The summed E-state index contributed by atoms with van der Waals surface area (Å²) in [5, 5.41) is 8.63. The molecule has 0 amide bonds. The van der Waals surface area contributed by atoms with E-state index in [0.717, 1.165) is 31.5 Å². The summed E-state index contributed by atoms with van der Waals surface area (Å²) in [5.74, 6) is 0.969. The van der Waals surface area contributed by atoms with E-state index in [2.05, 4.69) is 16.8 Å². The second kappa shape index (κ2) is 8.27. The summed E-state index contributed by atoms with van der Waals surface area (Å²) in [5.41, 5.74) is 2.95. The minimum absolute atomic E-state index is 0.173. The second-order valence-corrected chi connectivity index (χ2v) is 10.4. The smallest absolute Gasteiger partial charge is 0.200 e. The predicted octanol–water partition coefficient (Wildman–Crippen LogP) is 4.52. The van der Waals surface area contributed by atoms with Crippen molar-refractivity contribution in [1.82, 2.24) is 9.97 Å². The van der Waals surface area contributed by atoms with Crippen LogP contribution in [0.2, 0.25) is 0 Å². The molecule has 2 aromatic carbocycles. The summed E-state index contributed by atoms with van der Waals surface area (Å²) in [6, 6.07) is 14.7. The Balaban J connectivity index is 1.93. The maximum atomic E-state index is 13.7. The van der Waals surface area contributed by atoms with Crippen molar-refractivity contribution in [3.05, 3.63) is 59.3 Å². The first-order valence-electron chi connectivity index (χ1n) is 10.5. The molecule has 1 aliphatic heterocycles. The number of nitrogens with zero attached hydrogens (tertiary/aromatic N) is 4. The van der Waals surface area contributed by atoms with Gasteiger partial charge in [0, 0.05) is 13.1 Å². The lowest BCUT2D eigenvalue weighted by Crippen LogP contribution is -2.36. The van der Waals surface area contributed by atoms with E-state index in [4.69, 9.17) is 4.98 Å². The molecule has 0 radical (unpaired) electrons. The molecule has 4 rings (SSSR count). The summed E-state index contributed by atoms with van der Waals surface area (Å²) in [6.45, 7) is 7.30. The molecule has 0 saturated carbocycles. The fourth-order valence-corrected chi connectivity index (χ4v) is 5.92. The largest absolute Gasteiger partial charge is 0.355 e. The van der Waals surface area contributed by atoms with Crippen LogP contribution < -0.4 is 4.90 Å². The second-order valence-electron chi connectivity index (χ2n) is 8.44. The van der Waals surface area contributed by atoms with Gasteiger partial charge in [0.05, 0.1) is 22.0 Å². The topological polar surface area (TPSA) is 86.9 Å². The van der Waals surface area contributed by atoms with Crippen molar-refractivity contribution in [2.75, 3.05) is 18.0 Å². The molecule has 1 saturated heterocycles. The van der Waals surface area contributed by atoms with E-state index in [1.54, 1.807) is 25.1 Å². The van der Waals surface area contributed by atoms with Gasteiger partial charge in [-0.25, -0.2) is 18.4 Å². The molecule has 0 bridgehead atoms. The van der Waals surface area contributed by atoms with Crippen LogP contribution in [0.25, 0.3) is 11.0 Å². The van der Waals surface area contributed by atoms with Gasteiger partial charge < -0.3 is 4.90 Å². The van der Waals surface area contributed by atoms with E-state index in [1.165, 1.54) is 0 Å². The fraction of sp³-hybridized carbons (Fsp3) is 0.375. The molecule has 0 spiro atoms. The van der Waals surface area contributed by atoms with E-state index in [9.17, 15) is 13.7 Å². The summed E-state index contributed by atoms with van der Waals surface area (Å²) in [6.07, 6.45) is 2.12. The number of nitriles is 1. The van der Waals surface area contributed by atoms with Crippen LogP contribution in [-0.2, 0) is 9.84 Å². The maximum absolute atomic E-state index is 13.7. The van der Waals surface area contributed by atoms with Crippen LogP contribution in [0.3, 0.4) is 0 Å². The standard InChI is InChI=1S/C24H26N4O2S/c1-16-10-11-18(3)21(13-16)31(29,30)22(14-25)23-24(28-12-6-7-17(2)15-28)27-20-9-5-4-8-19(20)26-23/h4-5,8-11,13,17,22H,6-7,12,15H2,1-3H3/t17-,22-/m1/s1. The highest BCUT2D eigenvalue weighted by Gasteiger charge is 2.36. The van der Waals surface area contributed by atoms with Gasteiger partial charge in [-0.2, -0.15) is 5.26 Å². The van der Waals surface area contributed by atoms with Gasteiger partial charge in [-0.3, -0.25) is 0 Å². The molecule has 0 unspecified atom stereocenters. The third kappa shape index (κ3) is 4.00. The van der Waals surface area contributed by atoms with Gasteiger partial charge in [0.25, 0.3) is 0 Å². The van der Waals surface area contributed by atoms with Crippen molar-refractivity contribution in [3.8, 4) is 6.07 Å². The van der Waals surface area contributed by atoms with Crippen LogP contribution in [0, 0.1) is 31.1 Å². The Morgan fingerprint density at radius 2 is 1.84 bits per heavy atom. The molecule has 2 atom stereocenters.